The molecule has 14 heavy (non-hydrogen) atoms. The SMILES string of the molecule is CC(C)C(CC(F)F)SSC(C)(C)C. The molecule has 0 nitrogen and oxygen atoms in total. The number of hydrogen-bond donors (Lipinski definition) is 0. The van der Waals surface area contributed by atoms with Gasteiger partial charge < -0.3 is 0 Å². The average Bonchev–Trinajstić information content (AvgIpc) is 1.94. The molecule has 0 aliphatic heterocycles. The smallest absolute Gasteiger partial charge is 0.210 e. The van der Waals surface area contributed by atoms with E-state index < -0.39 is 6.43 Å². The van der Waals surface area contributed by atoms with Crippen molar-refractivity contribution in [2.24, 2.45) is 5.92 Å². The Labute approximate surface area is 94.0 Å². The highest BCUT2D eigenvalue weighted by molar-refractivity contribution is 8.77. The molecule has 4 heteroatoms. The molecule has 0 bridgehead atoms. The molecule has 0 radical (unpaired) electrons. The lowest BCUT2D eigenvalue weighted by molar-refractivity contribution is 0.132. The highest BCUT2D eigenvalue weighted by atomic mass is 33.1. The Morgan fingerprint density at radius 2 is 1.64 bits per heavy atom. The third kappa shape index (κ3) is 7.92. The highest BCUT2D eigenvalue weighted by Gasteiger charge is 2.22. The number of halogens is 2. The Hall–Kier alpha value is 0.560. The summed E-state index contributed by atoms with van der Waals surface area (Å²) in [7, 11) is 3.30. The standard InChI is InChI=1S/C10H20F2S2/c1-7(2)8(6-9(11)12)13-14-10(3,4)5/h7-9H,6H2,1-5H3. The molecule has 0 aliphatic carbocycles. The zero-order chi connectivity index (χ0) is 11.4. The predicted octanol–water partition coefficient (Wildman–Crippen LogP) is 4.85. The van der Waals surface area contributed by atoms with Crippen LogP contribution in [0.5, 0.6) is 0 Å². The predicted molar refractivity (Wildman–Crippen MR) is 64.2 cm³/mol. The number of hydrogen-bond acceptors (Lipinski definition) is 2. The van der Waals surface area contributed by atoms with E-state index >= 15 is 0 Å². The normalized spacial score (nSPS) is 15.2. The Balaban J connectivity index is 3.98. The lowest BCUT2D eigenvalue weighted by Gasteiger charge is -2.24. The maximum Gasteiger partial charge on any atom is 0.239 e. The second kappa shape index (κ2) is 6.21. The summed E-state index contributed by atoms with van der Waals surface area (Å²) in [4.78, 5) is 0. The van der Waals surface area contributed by atoms with Crippen LogP contribution in [0.1, 0.15) is 41.0 Å². The van der Waals surface area contributed by atoms with Gasteiger partial charge in [0, 0.05) is 16.4 Å². The molecule has 0 aromatic heterocycles. The summed E-state index contributed by atoms with van der Waals surface area (Å²) < 4.78 is 24.6. The fourth-order valence-corrected chi connectivity index (χ4v) is 3.80. The van der Waals surface area contributed by atoms with Gasteiger partial charge in [0.15, 0.2) is 0 Å². The van der Waals surface area contributed by atoms with E-state index in [1.165, 1.54) is 0 Å². The molecule has 0 rings (SSSR count). The molecular weight excluding hydrogens is 222 g/mol. The molecule has 0 N–H and O–H groups in total. The minimum Gasteiger partial charge on any atom is -0.210 e. The van der Waals surface area contributed by atoms with Crippen LogP contribution < -0.4 is 0 Å². The van der Waals surface area contributed by atoms with Crippen LogP contribution in [0.2, 0.25) is 0 Å². The van der Waals surface area contributed by atoms with Gasteiger partial charge in [0.1, 0.15) is 0 Å². The quantitative estimate of drug-likeness (QED) is 0.632. The lowest BCUT2D eigenvalue weighted by atomic mass is 10.1. The van der Waals surface area contributed by atoms with E-state index in [0.29, 0.717) is 5.92 Å². The van der Waals surface area contributed by atoms with Crippen LogP contribution in [0.15, 0.2) is 0 Å². The molecule has 0 aliphatic rings. The van der Waals surface area contributed by atoms with Gasteiger partial charge in [-0.1, -0.05) is 56.2 Å². The summed E-state index contributed by atoms with van der Waals surface area (Å²) in [5.41, 5.74) is 0. The van der Waals surface area contributed by atoms with E-state index in [0.717, 1.165) is 0 Å². The van der Waals surface area contributed by atoms with Crippen molar-refractivity contribution in [3.05, 3.63) is 0 Å². The Bertz CT molecular complexity index is 153. The zero-order valence-electron chi connectivity index (χ0n) is 9.51. The largest absolute Gasteiger partial charge is 0.239 e. The van der Waals surface area contributed by atoms with Crippen molar-refractivity contribution < 1.29 is 8.78 Å². The molecule has 0 fully saturated rings. The van der Waals surface area contributed by atoms with Crippen molar-refractivity contribution in [2.75, 3.05) is 0 Å². The van der Waals surface area contributed by atoms with Crippen LogP contribution in [-0.2, 0) is 0 Å². The molecule has 1 unspecified atom stereocenters. The first kappa shape index (κ1) is 14.6. The van der Waals surface area contributed by atoms with Crippen LogP contribution in [0.25, 0.3) is 0 Å². The van der Waals surface area contributed by atoms with Gasteiger partial charge in [-0.15, -0.1) is 0 Å². The molecule has 0 spiro atoms. The topological polar surface area (TPSA) is 0 Å². The third-order valence-electron chi connectivity index (χ3n) is 1.58. The average molecular weight is 242 g/mol. The van der Waals surface area contributed by atoms with Gasteiger partial charge in [0.2, 0.25) is 6.43 Å². The summed E-state index contributed by atoms with van der Waals surface area (Å²) >= 11 is 0. The van der Waals surface area contributed by atoms with E-state index in [1.807, 2.05) is 13.8 Å². The van der Waals surface area contributed by atoms with Crippen LogP contribution in [0.3, 0.4) is 0 Å². The highest BCUT2D eigenvalue weighted by Crippen LogP contribution is 2.41. The van der Waals surface area contributed by atoms with E-state index in [9.17, 15) is 8.78 Å². The van der Waals surface area contributed by atoms with Crippen molar-refractivity contribution in [1.82, 2.24) is 0 Å². The molecule has 0 saturated carbocycles. The summed E-state index contributed by atoms with van der Waals surface area (Å²) in [5.74, 6) is 0.309. The van der Waals surface area contributed by atoms with E-state index in [-0.39, 0.29) is 16.4 Å². The summed E-state index contributed by atoms with van der Waals surface area (Å²) in [5, 5.41) is 0.0548. The molecule has 1 atom stereocenters. The fourth-order valence-electron chi connectivity index (χ4n) is 0.804. The summed E-state index contributed by atoms with van der Waals surface area (Å²) in [6, 6.07) is 0. The minimum atomic E-state index is -2.18. The Morgan fingerprint density at radius 1 is 1.14 bits per heavy atom. The molecule has 86 valence electrons. The maximum atomic E-state index is 12.2. The van der Waals surface area contributed by atoms with Gasteiger partial charge in [-0.2, -0.15) is 0 Å². The second-order valence-corrected chi connectivity index (χ2v) is 7.97. The van der Waals surface area contributed by atoms with E-state index in [1.54, 1.807) is 21.6 Å². The van der Waals surface area contributed by atoms with Crippen molar-refractivity contribution in [1.29, 1.82) is 0 Å². The first-order chi connectivity index (χ1) is 6.22. The first-order valence-electron chi connectivity index (χ1n) is 4.85. The van der Waals surface area contributed by atoms with Crippen LogP contribution >= 0.6 is 21.6 Å². The molecular formula is C10H20F2S2. The van der Waals surface area contributed by atoms with Gasteiger partial charge in [-0.25, -0.2) is 8.78 Å². The lowest BCUT2D eigenvalue weighted by Crippen LogP contribution is -2.16. The minimum absolute atomic E-state index is 0.00537. The molecule has 0 aromatic rings. The number of rotatable bonds is 5. The number of alkyl halides is 2. The van der Waals surface area contributed by atoms with Crippen molar-refractivity contribution >= 4 is 21.6 Å². The summed E-state index contributed by atoms with van der Waals surface area (Å²) in [6.07, 6.45) is -2.18. The van der Waals surface area contributed by atoms with Crippen molar-refractivity contribution in [2.45, 2.75) is 57.5 Å². The molecule has 0 amide bonds. The van der Waals surface area contributed by atoms with Gasteiger partial charge >= 0.3 is 0 Å². The zero-order valence-corrected chi connectivity index (χ0v) is 11.1. The molecule has 0 heterocycles. The Kier molecular flexibility index (Phi) is 6.46. The van der Waals surface area contributed by atoms with Crippen molar-refractivity contribution in [3.63, 3.8) is 0 Å². The third-order valence-corrected chi connectivity index (χ3v) is 5.69. The monoisotopic (exact) mass is 242 g/mol. The molecule has 0 saturated heterocycles. The van der Waals surface area contributed by atoms with Gasteiger partial charge in [-0.3, -0.25) is 0 Å². The molecule has 0 aromatic carbocycles. The van der Waals surface area contributed by atoms with E-state index in [4.69, 9.17) is 0 Å². The van der Waals surface area contributed by atoms with E-state index in [2.05, 4.69) is 20.8 Å². The first-order valence-corrected chi connectivity index (χ1v) is 7.06. The van der Waals surface area contributed by atoms with Crippen LogP contribution in [0, 0.1) is 5.92 Å². The maximum absolute atomic E-state index is 12.2. The van der Waals surface area contributed by atoms with Crippen molar-refractivity contribution in [3.8, 4) is 0 Å². The Morgan fingerprint density at radius 3 is 1.93 bits per heavy atom. The summed E-state index contributed by atoms with van der Waals surface area (Å²) in [6.45, 7) is 10.3. The fraction of sp³-hybridized carbons (Fsp3) is 1.00. The van der Waals surface area contributed by atoms with Gasteiger partial charge in [-0.05, 0) is 5.92 Å². The van der Waals surface area contributed by atoms with Gasteiger partial charge in [0.05, 0.1) is 0 Å². The van der Waals surface area contributed by atoms with Crippen LogP contribution in [0.4, 0.5) is 8.78 Å². The van der Waals surface area contributed by atoms with Gasteiger partial charge in [0.25, 0.3) is 0 Å². The van der Waals surface area contributed by atoms with Crippen LogP contribution in [-0.4, -0.2) is 16.4 Å². The second-order valence-electron chi connectivity index (χ2n) is 4.70.